The number of rotatable bonds is 1. The quantitative estimate of drug-likeness (QED) is 0.833. The van der Waals surface area contributed by atoms with Crippen LogP contribution < -0.4 is 5.73 Å². The lowest BCUT2D eigenvalue weighted by Crippen LogP contribution is -2.48. The van der Waals surface area contributed by atoms with Crippen molar-refractivity contribution in [1.82, 2.24) is 4.90 Å². The molecule has 1 saturated heterocycles. The van der Waals surface area contributed by atoms with E-state index in [2.05, 4.69) is 15.9 Å². The van der Waals surface area contributed by atoms with Crippen LogP contribution in [0.25, 0.3) is 0 Å². The van der Waals surface area contributed by atoms with E-state index in [-0.39, 0.29) is 23.6 Å². The van der Waals surface area contributed by atoms with E-state index in [4.69, 9.17) is 5.73 Å². The Balaban J connectivity index is 2.19. The lowest BCUT2D eigenvalue weighted by molar-refractivity contribution is 0.0661. The molecule has 0 saturated carbocycles. The Morgan fingerprint density at radius 1 is 1.56 bits per heavy atom. The fourth-order valence-corrected chi connectivity index (χ4v) is 2.56. The second kappa shape index (κ2) is 5.28. The fraction of sp³-hybridized carbons (Fsp3) is 0.462. The number of carbonyl (C=O) groups excluding carboxylic acids is 1. The molecule has 0 aliphatic carbocycles. The molecule has 98 valence electrons. The number of phenols is 1. The van der Waals surface area contributed by atoms with Gasteiger partial charge >= 0.3 is 0 Å². The first kappa shape index (κ1) is 13.4. The van der Waals surface area contributed by atoms with Crippen LogP contribution in [-0.4, -0.2) is 35.0 Å². The summed E-state index contributed by atoms with van der Waals surface area (Å²) in [7, 11) is 0. The summed E-state index contributed by atoms with van der Waals surface area (Å²) in [5.41, 5.74) is 6.28. The smallest absolute Gasteiger partial charge is 0.257 e. The van der Waals surface area contributed by atoms with Gasteiger partial charge in [-0.25, -0.2) is 0 Å². The van der Waals surface area contributed by atoms with Crippen molar-refractivity contribution < 1.29 is 9.90 Å². The Morgan fingerprint density at radius 3 is 2.94 bits per heavy atom. The standard InChI is InChI=1S/C13H17BrN2O2/c1-8-7-16(5-4-11(8)15)13(18)10-6-9(14)2-3-12(10)17/h2-3,6,8,11,17H,4-5,7,15H2,1H3. The third-order valence-corrected chi connectivity index (χ3v) is 3.94. The van der Waals surface area contributed by atoms with Crippen molar-refractivity contribution in [2.24, 2.45) is 11.7 Å². The fourth-order valence-electron chi connectivity index (χ4n) is 2.20. The van der Waals surface area contributed by atoms with E-state index in [0.29, 0.717) is 18.7 Å². The first-order chi connectivity index (χ1) is 8.49. The monoisotopic (exact) mass is 312 g/mol. The van der Waals surface area contributed by atoms with Gasteiger partial charge in [0, 0.05) is 23.6 Å². The molecule has 1 aromatic rings. The highest BCUT2D eigenvalue weighted by atomic mass is 79.9. The van der Waals surface area contributed by atoms with Gasteiger partial charge in [-0.05, 0) is 30.5 Å². The van der Waals surface area contributed by atoms with Crippen molar-refractivity contribution in [3.63, 3.8) is 0 Å². The van der Waals surface area contributed by atoms with Crippen LogP contribution in [0.5, 0.6) is 5.75 Å². The average Bonchev–Trinajstić information content (AvgIpc) is 2.35. The highest BCUT2D eigenvalue weighted by Gasteiger charge is 2.28. The summed E-state index contributed by atoms with van der Waals surface area (Å²) in [6.07, 6.45) is 0.807. The van der Waals surface area contributed by atoms with Crippen molar-refractivity contribution >= 4 is 21.8 Å². The van der Waals surface area contributed by atoms with Gasteiger partial charge in [-0.1, -0.05) is 22.9 Å². The number of halogens is 1. The molecule has 0 bridgehead atoms. The third kappa shape index (κ3) is 2.67. The Hall–Kier alpha value is -1.07. The molecular weight excluding hydrogens is 296 g/mol. The summed E-state index contributed by atoms with van der Waals surface area (Å²) < 4.78 is 0.783. The first-order valence-corrected chi connectivity index (χ1v) is 6.81. The molecule has 2 atom stereocenters. The molecule has 1 fully saturated rings. The van der Waals surface area contributed by atoms with Crippen molar-refractivity contribution in [3.8, 4) is 5.75 Å². The zero-order valence-corrected chi connectivity index (χ0v) is 11.9. The van der Waals surface area contributed by atoms with Crippen LogP contribution in [0.2, 0.25) is 0 Å². The summed E-state index contributed by atoms with van der Waals surface area (Å²) in [5.74, 6) is 0.176. The van der Waals surface area contributed by atoms with E-state index in [1.54, 1.807) is 17.0 Å². The minimum absolute atomic E-state index is 0.0192. The Morgan fingerprint density at radius 2 is 2.28 bits per heavy atom. The number of hydrogen-bond donors (Lipinski definition) is 2. The number of aromatic hydroxyl groups is 1. The zero-order chi connectivity index (χ0) is 13.3. The van der Waals surface area contributed by atoms with Gasteiger partial charge in [0.05, 0.1) is 5.56 Å². The molecule has 1 aliphatic heterocycles. The summed E-state index contributed by atoms with van der Waals surface area (Å²) in [6.45, 7) is 3.34. The van der Waals surface area contributed by atoms with Crippen LogP contribution in [0.3, 0.4) is 0 Å². The van der Waals surface area contributed by atoms with E-state index in [1.165, 1.54) is 6.07 Å². The normalized spacial score (nSPS) is 24.1. The molecule has 2 unspecified atom stereocenters. The molecule has 1 aliphatic rings. The second-order valence-corrected chi connectivity index (χ2v) is 5.76. The van der Waals surface area contributed by atoms with Crippen LogP contribution in [-0.2, 0) is 0 Å². The molecule has 3 N–H and O–H groups in total. The highest BCUT2D eigenvalue weighted by molar-refractivity contribution is 9.10. The van der Waals surface area contributed by atoms with Crippen LogP contribution >= 0.6 is 15.9 Å². The van der Waals surface area contributed by atoms with Gasteiger partial charge in [0.2, 0.25) is 0 Å². The van der Waals surface area contributed by atoms with Gasteiger partial charge in [0.1, 0.15) is 5.75 Å². The van der Waals surface area contributed by atoms with Gasteiger partial charge in [-0.2, -0.15) is 0 Å². The van der Waals surface area contributed by atoms with E-state index < -0.39 is 0 Å². The van der Waals surface area contributed by atoms with Crippen molar-refractivity contribution in [2.45, 2.75) is 19.4 Å². The predicted octanol–water partition coefficient (Wildman–Crippen LogP) is 1.96. The van der Waals surface area contributed by atoms with Crippen LogP contribution in [0.1, 0.15) is 23.7 Å². The van der Waals surface area contributed by atoms with Crippen molar-refractivity contribution in [2.75, 3.05) is 13.1 Å². The van der Waals surface area contributed by atoms with Gasteiger partial charge in [-0.3, -0.25) is 4.79 Å². The number of nitrogens with two attached hydrogens (primary N) is 1. The van der Waals surface area contributed by atoms with Crippen molar-refractivity contribution in [1.29, 1.82) is 0 Å². The average molecular weight is 313 g/mol. The number of hydrogen-bond acceptors (Lipinski definition) is 3. The number of amides is 1. The van der Waals surface area contributed by atoms with E-state index >= 15 is 0 Å². The Bertz CT molecular complexity index is 464. The van der Waals surface area contributed by atoms with Gasteiger partial charge in [0.15, 0.2) is 0 Å². The van der Waals surface area contributed by atoms with E-state index in [9.17, 15) is 9.90 Å². The largest absolute Gasteiger partial charge is 0.507 e. The number of benzene rings is 1. The Labute approximate surface area is 115 Å². The SMILES string of the molecule is CC1CN(C(=O)c2cc(Br)ccc2O)CCC1N. The van der Waals surface area contributed by atoms with E-state index in [1.807, 2.05) is 6.92 Å². The van der Waals surface area contributed by atoms with Gasteiger partial charge < -0.3 is 15.7 Å². The van der Waals surface area contributed by atoms with Crippen LogP contribution in [0.4, 0.5) is 0 Å². The molecule has 1 amide bonds. The van der Waals surface area contributed by atoms with E-state index in [0.717, 1.165) is 10.9 Å². The maximum atomic E-state index is 12.3. The van der Waals surface area contributed by atoms with Crippen molar-refractivity contribution in [3.05, 3.63) is 28.2 Å². The number of phenolic OH excluding ortho intramolecular Hbond substituents is 1. The number of piperidine rings is 1. The minimum Gasteiger partial charge on any atom is -0.507 e. The number of likely N-dealkylation sites (tertiary alicyclic amines) is 1. The molecule has 5 heteroatoms. The zero-order valence-electron chi connectivity index (χ0n) is 10.3. The molecule has 0 spiro atoms. The molecule has 4 nitrogen and oxygen atoms in total. The lowest BCUT2D eigenvalue weighted by Gasteiger charge is -2.35. The third-order valence-electron chi connectivity index (χ3n) is 3.45. The molecule has 2 rings (SSSR count). The number of nitrogens with zero attached hydrogens (tertiary/aromatic N) is 1. The van der Waals surface area contributed by atoms with Crippen LogP contribution in [0, 0.1) is 5.92 Å². The Kier molecular flexibility index (Phi) is 3.92. The summed E-state index contributed by atoms with van der Waals surface area (Å²) in [5, 5.41) is 9.76. The number of carbonyl (C=O) groups is 1. The predicted molar refractivity (Wildman–Crippen MR) is 73.5 cm³/mol. The summed E-state index contributed by atoms with van der Waals surface area (Å²) in [6, 6.07) is 5.04. The molecule has 0 aromatic heterocycles. The molecular formula is C13H17BrN2O2. The summed E-state index contributed by atoms with van der Waals surface area (Å²) >= 11 is 3.31. The van der Waals surface area contributed by atoms with Gasteiger partial charge in [0.25, 0.3) is 5.91 Å². The minimum atomic E-state index is -0.132. The second-order valence-electron chi connectivity index (χ2n) is 4.84. The van der Waals surface area contributed by atoms with Crippen LogP contribution in [0.15, 0.2) is 22.7 Å². The lowest BCUT2D eigenvalue weighted by atomic mass is 9.94. The molecule has 1 aromatic carbocycles. The highest BCUT2D eigenvalue weighted by Crippen LogP contribution is 2.25. The maximum absolute atomic E-state index is 12.3. The molecule has 18 heavy (non-hydrogen) atoms. The molecule has 1 heterocycles. The van der Waals surface area contributed by atoms with Gasteiger partial charge in [-0.15, -0.1) is 0 Å². The first-order valence-electron chi connectivity index (χ1n) is 6.02. The maximum Gasteiger partial charge on any atom is 0.257 e. The molecule has 0 radical (unpaired) electrons. The summed E-state index contributed by atoms with van der Waals surface area (Å²) in [4.78, 5) is 14.1. The topological polar surface area (TPSA) is 66.6 Å².